The first kappa shape index (κ1) is 14.3. The molecule has 0 aliphatic carbocycles. The zero-order valence-electron chi connectivity index (χ0n) is 12.2. The first-order valence-electron chi connectivity index (χ1n) is 7.03. The van der Waals surface area contributed by atoms with Gasteiger partial charge in [0.15, 0.2) is 0 Å². The molecule has 0 spiro atoms. The van der Waals surface area contributed by atoms with Crippen LogP contribution in [0.3, 0.4) is 0 Å². The lowest BCUT2D eigenvalue weighted by Crippen LogP contribution is -2.00. The van der Waals surface area contributed by atoms with Crippen molar-refractivity contribution >= 4 is 16.7 Å². The highest BCUT2D eigenvalue weighted by molar-refractivity contribution is 5.96. The van der Waals surface area contributed by atoms with Crippen LogP contribution in [0.25, 0.3) is 21.9 Å². The van der Waals surface area contributed by atoms with Crippen LogP contribution >= 0.6 is 0 Å². The van der Waals surface area contributed by atoms with Crippen molar-refractivity contribution in [1.29, 1.82) is 0 Å². The highest BCUT2D eigenvalue weighted by Crippen LogP contribution is 2.26. The number of rotatable bonds is 3. The summed E-state index contributed by atoms with van der Waals surface area (Å²) in [6, 6.07) is 19.4. The lowest BCUT2D eigenvalue weighted by Gasteiger charge is -2.07. The SMILES string of the molecule is COC(=O)c1ccc2ccc(-c3cccc(CO)c3)cc2c1. The van der Waals surface area contributed by atoms with Crippen LogP contribution in [0.1, 0.15) is 15.9 Å². The molecule has 0 heterocycles. The van der Waals surface area contributed by atoms with E-state index in [1.807, 2.05) is 54.6 Å². The van der Waals surface area contributed by atoms with Crippen LogP contribution < -0.4 is 0 Å². The monoisotopic (exact) mass is 292 g/mol. The summed E-state index contributed by atoms with van der Waals surface area (Å²) in [6.45, 7) is 0.0217. The molecule has 22 heavy (non-hydrogen) atoms. The molecule has 3 aromatic carbocycles. The molecule has 3 rings (SSSR count). The maximum Gasteiger partial charge on any atom is 0.337 e. The predicted octanol–water partition coefficient (Wildman–Crippen LogP) is 3.79. The third kappa shape index (κ3) is 2.71. The number of hydrogen-bond acceptors (Lipinski definition) is 3. The molecule has 3 nitrogen and oxygen atoms in total. The Hall–Kier alpha value is -2.65. The standard InChI is InChI=1S/C19H16O3/c1-22-19(21)17-8-6-14-5-7-16(10-18(14)11-17)15-4-2-3-13(9-15)12-20/h2-11,20H,12H2,1H3. The second kappa shape index (κ2) is 6.00. The summed E-state index contributed by atoms with van der Waals surface area (Å²) >= 11 is 0. The van der Waals surface area contributed by atoms with Crippen molar-refractivity contribution in [3.63, 3.8) is 0 Å². The number of esters is 1. The van der Waals surface area contributed by atoms with E-state index in [9.17, 15) is 9.90 Å². The third-order valence-electron chi connectivity index (χ3n) is 3.70. The molecule has 0 fully saturated rings. The second-order valence-corrected chi connectivity index (χ2v) is 5.13. The summed E-state index contributed by atoms with van der Waals surface area (Å²) < 4.78 is 4.76. The topological polar surface area (TPSA) is 46.5 Å². The number of carbonyl (C=O) groups excluding carboxylic acids is 1. The quantitative estimate of drug-likeness (QED) is 0.747. The molecule has 0 saturated heterocycles. The number of fused-ring (bicyclic) bond motifs is 1. The zero-order chi connectivity index (χ0) is 15.5. The Labute approximate surface area is 128 Å². The van der Waals surface area contributed by atoms with Crippen molar-refractivity contribution in [2.24, 2.45) is 0 Å². The van der Waals surface area contributed by atoms with E-state index in [0.717, 1.165) is 27.5 Å². The van der Waals surface area contributed by atoms with Crippen LogP contribution in [-0.2, 0) is 11.3 Å². The van der Waals surface area contributed by atoms with Gasteiger partial charge in [0.25, 0.3) is 0 Å². The summed E-state index contributed by atoms with van der Waals surface area (Å²) in [5.41, 5.74) is 3.50. The van der Waals surface area contributed by atoms with Gasteiger partial charge in [-0.25, -0.2) is 4.79 Å². The van der Waals surface area contributed by atoms with Crippen molar-refractivity contribution in [2.75, 3.05) is 7.11 Å². The summed E-state index contributed by atoms with van der Waals surface area (Å²) in [5.74, 6) is -0.338. The van der Waals surface area contributed by atoms with E-state index in [0.29, 0.717) is 5.56 Å². The Bertz CT molecular complexity index is 837. The molecule has 0 unspecified atom stereocenters. The van der Waals surface area contributed by atoms with Crippen molar-refractivity contribution in [2.45, 2.75) is 6.61 Å². The molecule has 0 radical (unpaired) electrons. The molecule has 1 N–H and O–H groups in total. The predicted molar refractivity (Wildman–Crippen MR) is 86.6 cm³/mol. The molecule has 0 bridgehead atoms. The molecule has 3 heteroatoms. The Morgan fingerprint density at radius 2 is 1.73 bits per heavy atom. The molecular weight excluding hydrogens is 276 g/mol. The van der Waals surface area contributed by atoms with E-state index < -0.39 is 0 Å². The van der Waals surface area contributed by atoms with Crippen molar-refractivity contribution in [1.82, 2.24) is 0 Å². The molecule has 110 valence electrons. The summed E-state index contributed by atoms with van der Waals surface area (Å²) in [6.07, 6.45) is 0. The average Bonchev–Trinajstić information content (AvgIpc) is 2.60. The van der Waals surface area contributed by atoms with Gasteiger partial charge in [-0.3, -0.25) is 0 Å². The van der Waals surface area contributed by atoms with Gasteiger partial charge in [-0.1, -0.05) is 36.4 Å². The van der Waals surface area contributed by atoms with Crippen LogP contribution in [0.15, 0.2) is 60.7 Å². The number of hydrogen-bond donors (Lipinski definition) is 1. The van der Waals surface area contributed by atoms with Crippen molar-refractivity contribution in [3.05, 3.63) is 71.8 Å². The van der Waals surface area contributed by atoms with Gasteiger partial charge in [-0.2, -0.15) is 0 Å². The molecule has 3 aromatic rings. The summed E-state index contributed by atoms with van der Waals surface area (Å²) in [7, 11) is 1.38. The maximum absolute atomic E-state index is 11.6. The molecule has 0 amide bonds. The highest BCUT2D eigenvalue weighted by Gasteiger charge is 2.07. The minimum absolute atomic E-state index is 0.0217. The Morgan fingerprint density at radius 1 is 0.955 bits per heavy atom. The number of carbonyl (C=O) groups is 1. The molecule has 0 aliphatic rings. The van der Waals surface area contributed by atoms with Gasteiger partial charge in [0, 0.05) is 0 Å². The lowest BCUT2D eigenvalue weighted by molar-refractivity contribution is 0.0601. The molecule has 0 aromatic heterocycles. The fourth-order valence-corrected chi connectivity index (χ4v) is 2.52. The fourth-order valence-electron chi connectivity index (χ4n) is 2.52. The van der Waals surface area contributed by atoms with E-state index in [1.165, 1.54) is 7.11 Å². The maximum atomic E-state index is 11.6. The summed E-state index contributed by atoms with van der Waals surface area (Å²) in [4.78, 5) is 11.6. The van der Waals surface area contributed by atoms with E-state index in [2.05, 4.69) is 0 Å². The van der Waals surface area contributed by atoms with Crippen LogP contribution in [0, 0.1) is 0 Å². The van der Waals surface area contributed by atoms with Crippen molar-refractivity contribution in [3.8, 4) is 11.1 Å². The first-order chi connectivity index (χ1) is 10.7. The van der Waals surface area contributed by atoms with Crippen LogP contribution in [0.5, 0.6) is 0 Å². The van der Waals surface area contributed by atoms with E-state index in [-0.39, 0.29) is 12.6 Å². The van der Waals surface area contributed by atoms with Gasteiger partial charge in [0.05, 0.1) is 19.3 Å². The number of benzene rings is 3. The second-order valence-electron chi connectivity index (χ2n) is 5.13. The molecule has 0 aliphatic heterocycles. The lowest BCUT2D eigenvalue weighted by atomic mass is 9.99. The van der Waals surface area contributed by atoms with Gasteiger partial charge in [-0.05, 0) is 51.7 Å². The zero-order valence-corrected chi connectivity index (χ0v) is 12.2. The van der Waals surface area contributed by atoms with Crippen LogP contribution in [-0.4, -0.2) is 18.2 Å². The van der Waals surface area contributed by atoms with Crippen molar-refractivity contribution < 1.29 is 14.6 Å². The van der Waals surface area contributed by atoms with Crippen LogP contribution in [0.2, 0.25) is 0 Å². The van der Waals surface area contributed by atoms with Crippen LogP contribution in [0.4, 0.5) is 0 Å². The van der Waals surface area contributed by atoms with Gasteiger partial charge < -0.3 is 9.84 Å². The molecule has 0 saturated carbocycles. The van der Waals surface area contributed by atoms with Gasteiger partial charge in [0.1, 0.15) is 0 Å². The summed E-state index contributed by atoms with van der Waals surface area (Å²) in [5, 5.41) is 11.3. The Morgan fingerprint density at radius 3 is 2.50 bits per heavy atom. The normalized spacial score (nSPS) is 10.6. The van der Waals surface area contributed by atoms with Gasteiger partial charge in [-0.15, -0.1) is 0 Å². The van der Waals surface area contributed by atoms with E-state index in [1.54, 1.807) is 6.07 Å². The molecular formula is C19H16O3. The average molecular weight is 292 g/mol. The fraction of sp³-hybridized carbons (Fsp3) is 0.105. The minimum Gasteiger partial charge on any atom is -0.465 e. The number of methoxy groups -OCH3 is 1. The highest BCUT2D eigenvalue weighted by atomic mass is 16.5. The number of ether oxygens (including phenoxy) is 1. The van der Waals surface area contributed by atoms with Gasteiger partial charge >= 0.3 is 5.97 Å². The smallest absolute Gasteiger partial charge is 0.337 e. The van der Waals surface area contributed by atoms with E-state index >= 15 is 0 Å². The Kier molecular flexibility index (Phi) is 3.90. The first-order valence-corrected chi connectivity index (χ1v) is 7.03. The number of aliphatic hydroxyl groups is 1. The number of aliphatic hydroxyl groups excluding tert-OH is 1. The van der Waals surface area contributed by atoms with Gasteiger partial charge in [0.2, 0.25) is 0 Å². The van der Waals surface area contributed by atoms with E-state index in [4.69, 9.17) is 4.74 Å². The minimum atomic E-state index is -0.338. The molecule has 0 atom stereocenters. The largest absolute Gasteiger partial charge is 0.465 e. The Balaban J connectivity index is 2.09. The third-order valence-corrected chi connectivity index (χ3v) is 3.70.